The lowest BCUT2D eigenvalue weighted by atomic mass is 10.1. The SMILES string of the molecule is CC/C=C\CCCCOC(CCC(=O)OCCCCCCCN(CCCCCCCOC(=O)CCC(OCCCC/C=C\CC)OCCCC/C=C\CC)CCCC(N)=O)OCCCC/C=C\CC. The van der Waals surface area contributed by atoms with Gasteiger partial charge in [0, 0.05) is 45.7 Å². The minimum Gasteiger partial charge on any atom is -0.466 e. The number of hydrogen-bond donors (Lipinski definition) is 1. The van der Waals surface area contributed by atoms with Gasteiger partial charge in [0.15, 0.2) is 12.6 Å². The number of hydrogen-bond acceptors (Lipinski definition) is 10. The van der Waals surface area contributed by atoms with Crippen LogP contribution < -0.4 is 5.73 Å². The molecule has 0 rings (SSSR count). The van der Waals surface area contributed by atoms with E-state index in [2.05, 4.69) is 81.2 Å². The van der Waals surface area contributed by atoms with Crippen LogP contribution in [-0.2, 0) is 42.8 Å². The summed E-state index contributed by atoms with van der Waals surface area (Å²) in [5.74, 6) is -0.610. The van der Waals surface area contributed by atoms with E-state index in [0.29, 0.717) is 71.7 Å². The number of nitrogens with two attached hydrogens (primary N) is 1. The van der Waals surface area contributed by atoms with Crippen LogP contribution in [-0.4, -0.2) is 94.6 Å². The summed E-state index contributed by atoms with van der Waals surface area (Å²) in [6.07, 6.45) is 47.0. The van der Waals surface area contributed by atoms with Gasteiger partial charge in [0.2, 0.25) is 5.91 Å². The number of rotatable bonds is 54. The van der Waals surface area contributed by atoms with Crippen molar-refractivity contribution in [1.29, 1.82) is 0 Å². The van der Waals surface area contributed by atoms with E-state index >= 15 is 0 Å². The Bertz CT molecular complexity index is 1120. The third-order valence-corrected chi connectivity index (χ3v) is 11.7. The number of primary amides is 1. The first kappa shape index (κ1) is 66.2. The van der Waals surface area contributed by atoms with E-state index in [4.69, 9.17) is 34.2 Å². The molecule has 0 radical (unpaired) electrons. The Morgan fingerprint density at radius 3 is 1.01 bits per heavy atom. The molecule has 0 aromatic heterocycles. The molecule has 0 saturated carbocycles. The highest BCUT2D eigenvalue weighted by atomic mass is 16.7. The fourth-order valence-electron chi connectivity index (χ4n) is 7.62. The zero-order valence-corrected chi connectivity index (χ0v) is 45.0. The second kappa shape index (κ2) is 54.5. The highest BCUT2D eigenvalue weighted by Crippen LogP contribution is 2.14. The number of amides is 1. The molecule has 0 fully saturated rings. The van der Waals surface area contributed by atoms with Crippen LogP contribution in [0.2, 0.25) is 0 Å². The van der Waals surface area contributed by atoms with Crippen LogP contribution in [0, 0.1) is 0 Å². The van der Waals surface area contributed by atoms with E-state index in [9.17, 15) is 14.4 Å². The van der Waals surface area contributed by atoms with Crippen molar-refractivity contribution in [3.8, 4) is 0 Å². The quantitative estimate of drug-likeness (QED) is 0.0271. The van der Waals surface area contributed by atoms with E-state index < -0.39 is 0 Å². The van der Waals surface area contributed by atoms with Gasteiger partial charge in [-0.05, 0) is 154 Å². The van der Waals surface area contributed by atoms with Crippen LogP contribution in [0.5, 0.6) is 0 Å². The molecule has 0 aromatic rings. The predicted molar refractivity (Wildman–Crippen MR) is 286 cm³/mol. The number of carbonyl (C=O) groups excluding carboxylic acids is 3. The Labute approximate surface area is 423 Å². The van der Waals surface area contributed by atoms with Crippen LogP contribution in [0.1, 0.15) is 233 Å². The normalized spacial score (nSPS) is 12.2. The van der Waals surface area contributed by atoms with Gasteiger partial charge in [0.1, 0.15) is 0 Å². The largest absolute Gasteiger partial charge is 0.466 e. The standard InChI is InChI=1S/C58H106N2O9/c1-5-9-13-17-25-35-50-66-57(67-51-36-26-18-14-10-6-2)43-41-55(62)64-48-33-29-21-23-31-45-60(47-39-40-54(59)61)46-32-24-22-30-34-49-65-56(63)42-44-58(68-52-37-27-19-15-11-7-3)69-53-38-28-20-16-12-8-4/h9-16,57-58H,5-8,17-53H2,1-4H3,(H2,59,61)/b13-9-,14-10-,15-11-,16-12-. The monoisotopic (exact) mass is 975 g/mol. The number of nitrogens with zero attached hydrogens (tertiary/aromatic N) is 1. The lowest BCUT2D eigenvalue weighted by Gasteiger charge is -2.22. The summed E-state index contributed by atoms with van der Waals surface area (Å²) in [5, 5.41) is 0. The first-order valence-electron chi connectivity index (χ1n) is 28.2. The molecule has 0 spiro atoms. The van der Waals surface area contributed by atoms with Crippen molar-refractivity contribution >= 4 is 17.8 Å². The van der Waals surface area contributed by atoms with E-state index in [1.54, 1.807) is 0 Å². The number of allylic oxidation sites excluding steroid dienone is 8. The van der Waals surface area contributed by atoms with Crippen molar-refractivity contribution < 1.29 is 42.8 Å². The second-order valence-corrected chi connectivity index (χ2v) is 18.3. The Hall–Kier alpha value is -2.83. The molecule has 0 aliphatic carbocycles. The van der Waals surface area contributed by atoms with Gasteiger partial charge in [-0.3, -0.25) is 14.4 Å². The minimum atomic E-state index is -0.374. The molecule has 0 aromatic carbocycles. The van der Waals surface area contributed by atoms with Crippen molar-refractivity contribution in [3.63, 3.8) is 0 Å². The summed E-state index contributed by atoms with van der Waals surface area (Å²) in [6, 6.07) is 0. The molecule has 1 amide bonds. The maximum atomic E-state index is 12.6. The molecule has 0 heterocycles. The molecule has 0 aliphatic rings. The molecule has 0 saturated heterocycles. The Morgan fingerprint density at radius 1 is 0.377 bits per heavy atom. The first-order chi connectivity index (χ1) is 33.9. The molecule has 69 heavy (non-hydrogen) atoms. The van der Waals surface area contributed by atoms with Crippen LogP contribution in [0.3, 0.4) is 0 Å². The number of esters is 2. The average molecular weight is 975 g/mol. The molecule has 11 nitrogen and oxygen atoms in total. The lowest BCUT2D eigenvalue weighted by molar-refractivity contribution is -0.159. The summed E-state index contributed by atoms with van der Waals surface area (Å²) in [4.78, 5) is 39.0. The molecular weight excluding hydrogens is 869 g/mol. The fourth-order valence-corrected chi connectivity index (χ4v) is 7.62. The molecule has 0 atom stereocenters. The zero-order valence-electron chi connectivity index (χ0n) is 45.0. The molecule has 0 aliphatic heterocycles. The van der Waals surface area contributed by atoms with Gasteiger partial charge in [-0.15, -0.1) is 0 Å². The van der Waals surface area contributed by atoms with Crippen molar-refractivity contribution in [1.82, 2.24) is 4.90 Å². The van der Waals surface area contributed by atoms with E-state index in [1.807, 2.05) is 0 Å². The highest BCUT2D eigenvalue weighted by molar-refractivity contribution is 5.73. The fraction of sp³-hybridized carbons (Fsp3) is 0.810. The number of carbonyl (C=O) groups is 3. The molecule has 402 valence electrons. The average Bonchev–Trinajstić information content (AvgIpc) is 3.34. The Morgan fingerprint density at radius 2 is 0.681 bits per heavy atom. The van der Waals surface area contributed by atoms with E-state index in [1.165, 1.54) is 0 Å². The van der Waals surface area contributed by atoms with Crippen molar-refractivity contribution in [3.05, 3.63) is 48.6 Å². The maximum Gasteiger partial charge on any atom is 0.305 e. The third kappa shape index (κ3) is 51.3. The van der Waals surface area contributed by atoms with Gasteiger partial charge in [-0.2, -0.15) is 0 Å². The van der Waals surface area contributed by atoms with Gasteiger partial charge in [-0.1, -0.05) is 115 Å². The predicted octanol–water partition coefficient (Wildman–Crippen LogP) is 14.4. The van der Waals surface area contributed by atoms with Gasteiger partial charge < -0.3 is 39.1 Å². The Kier molecular flexibility index (Phi) is 52.3. The summed E-state index contributed by atoms with van der Waals surface area (Å²) in [6.45, 7) is 14.9. The minimum absolute atomic E-state index is 0.183. The van der Waals surface area contributed by atoms with Gasteiger partial charge in [0.05, 0.1) is 26.1 Å². The first-order valence-corrected chi connectivity index (χ1v) is 28.2. The highest BCUT2D eigenvalue weighted by Gasteiger charge is 2.15. The second-order valence-electron chi connectivity index (χ2n) is 18.3. The molecule has 0 unspecified atom stereocenters. The van der Waals surface area contributed by atoms with Crippen LogP contribution in [0.25, 0.3) is 0 Å². The lowest BCUT2D eigenvalue weighted by Crippen LogP contribution is -2.28. The number of unbranched alkanes of at least 4 members (excludes halogenated alkanes) is 16. The van der Waals surface area contributed by atoms with E-state index in [-0.39, 0.29) is 30.4 Å². The molecule has 0 bridgehead atoms. The summed E-state index contributed by atoms with van der Waals surface area (Å²) < 4.78 is 35.4. The maximum absolute atomic E-state index is 12.6. The zero-order chi connectivity index (χ0) is 50.4. The summed E-state index contributed by atoms with van der Waals surface area (Å²) >= 11 is 0. The third-order valence-electron chi connectivity index (χ3n) is 11.7. The summed E-state index contributed by atoms with van der Waals surface area (Å²) in [7, 11) is 0. The Balaban J connectivity index is 4.38. The van der Waals surface area contributed by atoms with Crippen LogP contribution >= 0.6 is 0 Å². The van der Waals surface area contributed by atoms with E-state index in [0.717, 1.165) is 193 Å². The molecular formula is C58H106N2O9. The van der Waals surface area contributed by atoms with Crippen LogP contribution in [0.4, 0.5) is 0 Å². The topological polar surface area (TPSA) is 136 Å². The molecule has 11 heteroatoms. The van der Waals surface area contributed by atoms with Gasteiger partial charge in [0.25, 0.3) is 0 Å². The van der Waals surface area contributed by atoms with Gasteiger partial charge in [-0.25, -0.2) is 0 Å². The summed E-state index contributed by atoms with van der Waals surface area (Å²) in [5.41, 5.74) is 5.44. The van der Waals surface area contributed by atoms with Crippen molar-refractivity contribution in [2.75, 3.05) is 59.3 Å². The molecule has 2 N–H and O–H groups in total. The van der Waals surface area contributed by atoms with Gasteiger partial charge >= 0.3 is 11.9 Å². The number of ether oxygens (including phenoxy) is 6. The smallest absolute Gasteiger partial charge is 0.305 e. The van der Waals surface area contributed by atoms with Crippen LogP contribution in [0.15, 0.2) is 48.6 Å². The van der Waals surface area contributed by atoms with Crippen molar-refractivity contribution in [2.45, 2.75) is 246 Å². The van der Waals surface area contributed by atoms with Crippen molar-refractivity contribution in [2.24, 2.45) is 5.73 Å².